The highest BCUT2D eigenvalue weighted by molar-refractivity contribution is 5.84. The van der Waals surface area contributed by atoms with Crippen molar-refractivity contribution >= 4 is 28.6 Å². The molecule has 0 amide bonds. The summed E-state index contributed by atoms with van der Waals surface area (Å²) in [4.78, 5) is 13.3. The molecule has 138 valence electrons. The average Bonchev–Trinajstić information content (AvgIpc) is 3.00. The average molecular weight is 357 g/mol. The number of aliphatic hydroxyl groups excluding tert-OH is 1. The number of hydrogen-bond acceptors (Lipinski definition) is 8. The fraction of sp³-hybridized carbons (Fsp3) is 0.353. The van der Waals surface area contributed by atoms with Crippen LogP contribution in [0.4, 0.5) is 17.5 Å². The van der Waals surface area contributed by atoms with Crippen molar-refractivity contribution in [2.75, 3.05) is 30.0 Å². The summed E-state index contributed by atoms with van der Waals surface area (Å²) in [7, 11) is 3.48. The van der Waals surface area contributed by atoms with Crippen molar-refractivity contribution < 1.29 is 9.84 Å². The van der Waals surface area contributed by atoms with Crippen LogP contribution in [0.25, 0.3) is 11.2 Å². The van der Waals surface area contributed by atoms with E-state index in [1.807, 2.05) is 29.8 Å². The highest BCUT2D eigenvalue weighted by Gasteiger charge is 2.13. The Labute approximate surface area is 151 Å². The molecule has 0 aliphatic heterocycles. The molecule has 1 unspecified atom stereocenters. The third kappa shape index (κ3) is 3.77. The van der Waals surface area contributed by atoms with Crippen LogP contribution in [0.2, 0.25) is 0 Å². The number of imidazole rings is 1. The molecule has 0 spiro atoms. The normalized spacial score (nSPS) is 12.2. The molecular formula is C17H23N7O2. The summed E-state index contributed by atoms with van der Waals surface area (Å²) >= 11 is 0. The Kier molecular flexibility index (Phi) is 5.08. The Morgan fingerprint density at radius 3 is 2.85 bits per heavy atom. The Bertz CT molecular complexity index is 908. The van der Waals surface area contributed by atoms with Gasteiger partial charge in [0, 0.05) is 25.8 Å². The van der Waals surface area contributed by atoms with Crippen molar-refractivity contribution in [3.05, 3.63) is 30.1 Å². The van der Waals surface area contributed by atoms with E-state index in [-0.39, 0.29) is 0 Å². The lowest BCUT2D eigenvalue weighted by Crippen LogP contribution is -2.17. The van der Waals surface area contributed by atoms with Gasteiger partial charge in [-0.25, -0.2) is 4.98 Å². The van der Waals surface area contributed by atoms with Crippen LogP contribution in [-0.2, 0) is 13.6 Å². The summed E-state index contributed by atoms with van der Waals surface area (Å²) in [5.74, 6) is 1.75. The number of benzene rings is 1. The summed E-state index contributed by atoms with van der Waals surface area (Å²) < 4.78 is 7.07. The Morgan fingerprint density at radius 1 is 1.31 bits per heavy atom. The lowest BCUT2D eigenvalue weighted by molar-refractivity contribution is 0.208. The second-order valence-corrected chi connectivity index (χ2v) is 6.07. The van der Waals surface area contributed by atoms with Gasteiger partial charge in [-0.3, -0.25) is 0 Å². The van der Waals surface area contributed by atoms with Gasteiger partial charge in [0.25, 0.3) is 0 Å². The standard InChI is InChI=1S/C17H23N7O2/c1-10(25)7-20-17-22-15(14-16(23-17)24(2)9-21-14)19-8-11-6-12(26-3)4-5-13(11)18/h4-6,9-10,25H,7-8,18H2,1-3H3,(H2,19,20,22,23). The lowest BCUT2D eigenvalue weighted by atomic mass is 10.1. The van der Waals surface area contributed by atoms with E-state index in [1.165, 1.54) is 0 Å². The highest BCUT2D eigenvalue weighted by Crippen LogP contribution is 2.24. The molecule has 0 saturated carbocycles. The highest BCUT2D eigenvalue weighted by atomic mass is 16.5. The number of hydrogen-bond donors (Lipinski definition) is 4. The van der Waals surface area contributed by atoms with Crippen LogP contribution in [0.3, 0.4) is 0 Å². The number of ether oxygens (including phenoxy) is 1. The summed E-state index contributed by atoms with van der Waals surface area (Å²) in [5, 5.41) is 15.8. The van der Waals surface area contributed by atoms with Crippen LogP contribution >= 0.6 is 0 Å². The van der Waals surface area contributed by atoms with E-state index in [0.29, 0.717) is 41.7 Å². The van der Waals surface area contributed by atoms with Crippen LogP contribution in [0.1, 0.15) is 12.5 Å². The number of nitrogens with one attached hydrogen (secondary N) is 2. The van der Waals surface area contributed by atoms with E-state index < -0.39 is 6.10 Å². The number of aryl methyl sites for hydroxylation is 1. The monoisotopic (exact) mass is 357 g/mol. The van der Waals surface area contributed by atoms with E-state index in [9.17, 15) is 5.11 Å². The first-order valence-electron chi connectivity index (χ1n) is 8.25. The molecule has 3 aromatic rings. The molecule has 1 atom stereocenters. The summed E-state index contributed by atoms with van der Waals surface area (Å²) in [6.45, 7) is 2.51. The van der Waals surface area contributed by atoms with Crippen LogP contribution in [0.5, 0.6) is 5.75 Å². The molecule has 26 heavy (non-hydrogen) atoms. The first kappa shape index (κ1) is 17.7. The minimum absolute atomic E-state index is 0.353. The molecule has 0 aliphatic carbocycles. The molecule has 0 bridgehead atoms. The number of nitrogens with zero attached hydrogens (tertiary/aromatic N) is 4. The van der Waals surface area contributed by atoms with E-state index in [1.54, 1.807) is 20.4 Å². The van der Waals surface area contributed by atoms with Crippen molar-refractivity contribution in [3.63, 3.8) is 0 Å². The van der Waals surface area contributed by atoms with Gasteiger partial charge in [0.05, 0.1) is 19.5 Å². The van der Waals surface area contributed by atoms with Crippen molar-refractivity contribution in [1.82, 2.24) is 19.5 Å². The van der Waals surface area contributed by atoms with Crippen LogP contribution in [-0.4, -0.2) is 44.4 Å². The van der Waals surface area contributed by atoms with Gasteiger partial charge in [0.15, 0.2) is 17.0 Å². The smallest absolute Gasteiger partial charge is 0.226 e. The van der Waals surface area contributed by atoms with Crippen molar-refractivity contribution in [2.24, 2.45) is 7.05 Å². The van der Waals surface area contributed by atoms with Gasteiger partial charge < -0.3 is 30.8 Å². The Morgan fingerprint density at radius 2 is 2.12 bits per heavy atom. The zero-order valence-corrected chi connectivity index (χ0v) is 15.0. The van der Waals surface area contributed by atoms with Crippen LogP contribution < -0.4 is 21.1 Å². The predicted octanol–water partition coefficient (Wildman–Crippen LogP) is 1.36. The second kappa shape index (κ2) is 7.44. The van der Waals surface area contributed by atoms with E-state index in [4.69, 9.17) is 10.5 Å². The number of aliphatic hydroxyl groups is 1. The number of nitrogen functional groups attached to an aromatic ring is 1. The summed E-state index contributed by atoms with van der Waals surface area (Å²) in [5.41, 5.74) is 8.96. The number of nitrogens with two attached hydrogens (primary N) is 1. The largest absolute Gasteiger partial charge is 0.497 e. The quantitative estimate of drug-likeness (QED) is 0.467. The molecule has 0 fully saturated rings. The van der Waals surface area contributed by atoms with Crippen LogP contribution in [0.15, 0.2) is 24.5 Å². The third-order valence-electron chi connectivity index (χ3n) is 3.91. The Hall–Kier alpha value is -3.07. The first-order valence-corrected chi connectivity index (χ1v) is 8.25. The van der Waals surface area contributed by atoms with E-state index in [2.05, 4.69) is 25.6 Å². The van der Waals surface area contributed by atoms with Gasteiger partial charge in [-0.15, -0.1) is 0 Å². The lowest BCUT2D eigenvalue weighted by Gasteiger charge is -2.12. The molecule has 1 aromatic carbocycles. The summed E-state index contributed by atoms with van der Waals surface area (Å²) in [6.07, 6.45) is 1.18. The van der Waals surface area contributed by atoms with Crippen molar-refractivity contribution in [2.45, 2.75) is 19.6 Å². The Balaban J connectivity index is 1.88. The molecule has 0 radical (unpaired) electrons. The molecule has 9 nitrogen and oxygen atoms in total. The fourth-order valence-corrected chi connectivity index (χ4v) is 2.49. The summed E-state index contributed by atoms with van der Waals surface area (Å²) in [6, 6.07) is 5.51. The predicted molar refractivity (Wildman–Crippen MR) is 101 cm³/mol. The maximum Gasteiger partial charge on any atom is 0.226 e. The molecule has 2 aromatic heterocycles. The second-order valence-electron chi connectivity index (χ2n) is 6.07. The van der Waals surface area contributed by atoms with E-state index in [0.717, 1.165) is 11.3 Å². The van der Waals surface area contributed by atoms with Gasteiger partial charge in [0.1, 0.15) is 5.75 Å². The number of rotatable bonds is 7. The molecule has 5 N–H and O–H groups in total. The SMILES string of the molecule is COc1ccc(N)c(CNc2nc(NCC(C)O)nc3c2ncn3C)c1. The molecular weight excluding hydrogens is 334 g/mol. The number of aromatic nitrogens is 4. The van der Waals surface area contributed by atoms with E-state index >= 15 is 0 Å². The van der Waals surface area contributed by atoms with Crippen molar-refractivity contribution in [3.8, 4) is 5.75 Å². The molecule has 9 heteroatoms. The van der Waals surface area contributed by atoms with Gasteiger partial charge >= 0.3 is 0 Å². The zero-order chi connectivity index (χ0) is 18.7. The molecule has 0 aliphatic rings. The van der Waals surface area contributed by atoms with Gasteiger partial charge in [-0.2, -0.15) is 9.97 Å². The number of anilines is 3. The minimum atomic E-state index is -0.506. The topological polar surface area (TPSA) is 123 Å². The number of methoxy groups -OCH3 is 1. The zero-order valence-electron chi connectivity index (χ0n) is 15.0. The van der Waals surface area contributed by atoms with Crippen LogP contribution in [0, 0.1) is 0 Å². The fourth-order valence-electron chi connectivity index (χ4n) is 2.49. The maximum atomic E-state index is 9.47. The van der Waals surface area contributed by atoms with Gasteiger partial charge in [-0.05, 0) is 30.7 Å². The molecule has 3 rings (SSSR count). The molecule has 0 saturated heterocycles. The third-order valence-corrected chi connectivity index (χ3v) is 3.91. The van der Waals surface area contributed by atoms with Crippen molar-refractivity contribution in [1.29, 1.82) is 0 Å². The molecule has 2 heterocycles. The number of fused-ring (bicyclic) bond motifs is 1. The van der Waals surface area contributed by atoms with Gasteiger partial charge in [0.2, 0.25) is 5.95 Å². The maximum absolute atomic E-state index is 9.47. The van der Waals surface area contributed by atoms with Gasteiger partial charge in [-0.1, -0.05) is 0 Å². The minimum Gasteiger partial charge on any atom is -0.497 e. The first-order chi connectivity index (χ1) is 12.5.